The third kappa shape index (κ3) is 5.20. The van der Waals surface area contributed by atoms with E-state index >= 15 is 0 Å². The van der Waals surface area contributed by atoms with Gasteiger partial charge in [-0.15, -0.1) is 0 Å². The zero-order valence-electron chi connectivity index (χ0n) is 16.5. The van der Waals surface area contributed by atoms with Crippen LogP contribution in [0.2, 0.25) is 0 Å². The van der Waals surface area contributed by atoms with Crippen molar-refractivity contribution in [3.05, 3.63) is 35.6 Å². The standard InChI is InChI=1S/C20H28FN3O4/c1-20(2,3)28-19(26)23-10-17(25)24-11-16(18-15(24)8-9-22-18)27-12-13-4-6-14(21)7-5-13/h4-7,15-16,18,22H,8-12H2,1-3H3,(H,23,26). The number of rotatable bonds is 5. The molecular weight excluding hydrogens is 365 g/mol. The molecule has 2 amide bonds. The van der Waals surface area contributed by atoms with Crippen LogP contribution in [0.5, 0.6) is 0 Å². The van der Waals surface area contributed by atoms with Gasteiger partial charge in [0.2, 0.25) is 5.91 Å². The van der Waals surface area contributed by atoms with E-state index < -0.39 is 11.7 Å². The number of nitrogens with one attached hydrogen (secondary N) is 2. The average Bonchev–Trinajstić information content (AvgIpc) is 3.21. The second-order valence-corrected chi connectivity index (χ2v) is 8.21. The van der Waals surface area contributed by atoms with E-state index in [1.807, 2.05) is 0 Å². The molecule has 0 saturated carbocycles. The molecule has 8 heteroatoms. The van der Waals surface area contributed by atoms with Gasteiger partial charge >= 0.3 is 6.09 Å². The smallest absolute Gasteiger partial charge is 0.408 e. The number of ether oxygens (including phenoxy) is 2. The molecule has 0 spiro atoms. The van der Waals surface area contributed by atoms with Crippen LogP contribution in [0.3, 0.4) is 0 Å². The molecule has 2 fully saturated rings. The number of fused-ring (bicyclic) bond motifs is 1. The third-order valence-electron chi connectivity index (χ3n) is 4.89. The van der Waals surface area contributed by atoms with E-state index in [2.05, 4.69) is 10.6 Å². The summed E-state index contributed by atoms with van der Waals surface area (Å²) in [5.41, 5.74) is 0.271. The number of carbonyl (C=O) groups excluding carboxylic acids is 2. The lowest BCUT2D eigenvalue weighted by molar-refractivity contribution is -0.131. The van der Waals surface area contributed by atoms with Crippen molar-refractivity contribution in [3.63, 3.8) is 0 Å². The maximum Gasteiger partial charge on any atom is 0.408 e. The highest BCUT2D eigenvalue weighted by Crippen LogP contribution is 2.28. The summed E-state index contributed by atoms with van der Waals surface area (Å²) in [6.45, 7) is 6.83. The Morgan fingerprint density at radius 3 is 2.68 bits per heavy atom. The Morgan fingerprint density at radius 1 is 1.29 bits per heavy atom. The molecule has 3 atom stereocenters. The summed E-state index contributed by atoms with van der Waals surface area (Å²) in [7, 11) is 0. The van der Waals surface area contributed by atoms with Crippen LogP contribution in [0.15, 0.2) is 24.3 Å². The number of hydrogen-bond acceptors (Lipinski definition) is 5. The summed E-state index contributed by atoms with van der Waals surface area (Å²) in [5, 5.41) is 5.93. The first kappa shape index (κ1) is 20.5. The molecule has 3 rings (SSSR count). The predicted octanol–water partition coefficient (Wildman–Crippen LogP) is 1.81. The minimum Gasteiger partial charge on any atom is -0.444 e. The first-order chi connectivity index (χ1) is 13.2. The minimum atomic E-state index is -0.611. The molecule has 0 bridgehead atoms. The number of alkyl carbamates (subject to hydrolysis) is 1. The number of halogens is 1. The molecule has 1 aromatic rings. The van der Waals surface area contributed by atoms with Gasteiger partial charge in [0.1, 0.15) is 18.0 Å². The van der Waals surface area contributed by atoms with Gasteiger partial charge in [0.25, 0.3) is 0 Å². The first-order valence-corrected chi connectivity index (χ1v) is 9.59. The van der Waals surface area contributed by atoms with Crippen molar-refractivity contribution in [2.75, 3.05) is 19.6 Å². The topological polar surface area (TPSA) is 79.9 Å². The SMILES string of the molecule is CC(C)(C)OC(=O)NCC(=O)N1CC(OCc2ccc(F)cc2)C2NCCC21. The summed E-state index contributed by atoms with van der Waals surface area (Å²) < 4.78 is 24.2. The molecule has 2 aliphatic rings. The number of nitrogens with zero attached hydrogens (tertiary/aromatic N) is 1. The second-order valence-electron chi connectivity index (χ2n) is 8.21. The maximum absolute atomic E-state index is 13.0. The molecule has 2 aliphatic heterocycles. The fraction of sp³-hybridized carbons (Fsp3) is 0.600. The second kappa shape index (κ2) is 8.45. The molecule has 0 radical (unpaired) electrons. The summed E-state index contributed by atoms with van der Waals surface area (Å²) in [4.78, 5) is 26.2. The monoisotopic (exact) mass is 393 g/mol. The van der Waals surface area contributed by atoms with Gasteiger partial charge in [-0.05, 0) is 51.4 Å². The van der Waals surface area contributed by atoms with E-state index in [9.17, 15) is 14.0 Å². The van der Waals surface area contributed by atoms with Gasteiger partial charge in [-0.1, -0.05) is 12.1 Å². The Kier molecular flexibility index (Phi) is 6.20. The molecule has 154 valence electrons. The van der Waals surface area contributed by atoms with Crippen molar-refractivity contribution in [2.45, 2.75) is 57.6 Å². The molecule has 2 N–H and O–H groups in total. The van der Waals surface area contributed by atoms with Crippen LogP contribution in [0.1, 0.15) is 32.8 Å². The van der Waals surface area contributed by atoms with Crippen LogP contribution in [0.4, 0.5) is 9.18 Å². The lowest BCUT2D eigenvalue weighted by Gasteiger charge is -2.24. The van der Waals surface area contributed by atoms with Crippen LogP contribution in [0, 0.1) is 5.82 Å². The van der Waals surface area contributed by atoms with Gasteiger partial charge in [0.15, 0.2) is 0 Å². The normalized spacial score (nSPS) is 24.1. The minimum absolute atomic E-state index is 0.0474. The van der Waals surface area contributed by atoms with Crippen LogP contribution >= 0.6 is 0 Å². The highest BCUT2D eigenvalue weighted by molar-refractivity contribution is 5.83. The maximum atomic E-state index is 13.0. The van der Waals surface area contributed by atoms with E-state index in [1.54, 1.807) is 37.8 Å². The Labute approximate surface area is 164 Å². The lowest BCUT2D eigenvalue weighted by Crippen LogP contribution is -2.45. The van der Waals surface area contributed by atoms with E-state index in [0.717, 1.165) is 18.5 Å². The van der Waals surface area contributed by atoms with Crippen LogP contribution in [-0.2, 0) is 20.9 Å². The molecule has 2 heterocycles. The Bertz CT molecular complexity index is 704. The summed E-state index contributed by atoms with van der Waals surface area (Å²) in [5.74, 6) is -0.436. The quantitative estimate of drug-likeness (QED) is 0.798. The van der Waals surface area contributed by atoms with Crippen LogP contribution < -0.4 is 10.6 Å². The van der Waals surface area contributed by atoms with E-state index in [1.165, 1.54) is 12.1 Å². The average molecular weight is 393 g/mol. The number of amides is 2. The van der Waals surface area contributed by atoms with Crippen molar-refractivity contribution in [3.8, 4) is 0 Å². The lowest BCUT2D eigenvalue weighted by atomic mass is 10.1. The molecular formula is C20H28FN3O4. The van der Waals surface area contributed by atoms with E-state index in [4.69, 9.17) is 9.47 Å². The zero-order chi connectivity index (χ0) is 20.3. The van der Waals surface area contributed by atoms with Crippen molar-refractivity contribution in [2.24, 2.45) is 0 Å². The van der Waals surface area contributed by atoms with Crippen molar-refractivity contribution >= 4 is 12.0 Å². The highest BCUT2D eigenvalue weighted by Gasteiger charge is 2.46. The zero-order valence-corrected chi connectivity index (χ0v) is 16.5. The van der Waals surface area contributed by atoms with Gasteiger partial charge < -0.3 is 25.0 Å². The number of benzene rings is 1. The Morgan fingerprint density at radius 2 is 2.00 bits per heavy atom. The van der Waals surface area contributed by atoms with E-state index in [0.29, 0.717) is 13.2 Å². The molecule has 2 saturated heterocycles. The van der Waals surface area contributed by atoms with E-state index in [-0.39, 0.29) is 36.5 Å². The van der Waals surface area contributed by atoms with Gasteiger partial charge in [-0.25, -0.2) is 9.18 Å². The molecule has 7 nitrogen and oxygen atoms in total. The Balaban J connectivity index is 1.53. The Hall–Kier alpha value is -2.19. The molecule has 3 unspecified atom stereocenters. The summed E-state index contributed by atoms with van der Waals surface area (Å²) in [6, 6.07) is 6.30. The number of carbonyl (C=O) groups is 2. The predicted molar refractivity (Wildman–Crippen MR) is 101 cm³/mol. The van der Waals surface area contributed by atoms with Gasteiger partial charge in [-0.2, -0.15) is 0 Å². The summed E-state index contributed by atoms with van der Waals surface area (Å²) >= 11 is 0. The molecule has 1 aromatic carbocycles. The summed E-state index contributed by atoms with van der Waals surface area (Å²) in [6.07, 6.45) is 0.0903. The van der Waals surface area contributed by atoms with Gasteiger partial charge in [0, 0.05) is 6.54 Å². The number of hydrogen-bond donors (Lipinski definition) is 2. The van der Waals surface area contributed by atoms with Crippen molar-refractivity contribution in [1.29, 1.82) is 0 Å². The van der Waals surface area contributed by atoms with Gasteiger partial charge in [0.05, 0.1) is 24.8 Å². The molecule has 0 aliphatic carbocycles. The molecule has 0 aromatic heterocycles. The molecule has 28 heavy (non-hydrogen) atoms. The van der Waals surface area contributed by atoms with Crippen LogP contribution in [-0.4, -0.2) is 60.3 Å². The highest BCUT2D eigenvalue weighted by atomic mass is 19.1. The first-order valence-electron chi connectivity index (χ1n) is 9.59. The van der Waals surface area contributed by atoms with Crippen LogP contribution in [0.25, 0.3) is 0 Å². The largest absolute Gasteiger partial charge is 0.444 e. The van der Waals surface area contributed by atoms with Gasteiger partial charge in [-0.3, -0.25) is 4.79 Å². The van der Waals surface area contributed by atoms with Crippen molar-refractivity contribution < 1.29 is 23.5 Å². The fourth-order valence-electron chi connectivity index (χ4n) is 3.68. The van der Waals surface area contributed by atoms with Crippen molar-refractivity contribution in [1.82, 2.24) is 15.5 Å². The number of likely N-dealkylation sites (tertiary alicyclic amines) is 1. The third-order valence-corrected chi connectivity index (χ3v) is 4.89. The fourth-order valence-corrected chi connectivity index (χ4v) is 3.68.